The molecule has 0 amide bonds. The lowest BCUT2D eigenvalue weighted by atomic mass is 9.94. The van der Waals surface area contributed by atoms with Crippen LogP contribution in [0.5, 0.6) is 0 Å². The van der Waals surface area contributed by atoms with Gasteiger partial charge in [0.15, 0.2) is 0 Å². The van der Waals surface area contributed by atoms with Gasteiger partial charge in [-0.05, 0) is 52.6 Å². The summed E-state index contributed by atoms with van der Waals surface area (Å²) < 4.78 is 5.16. The van der Waals surface area contributed by atoms with Gasteiger partial charge >= 0.3 is 0 Å². The van der Waals surface area contributed by atoms with E-state index < -0.39 is 0 Å². The molecular formula is C54H32N2S2. The van der Waals surface area contributed by atoms with Crippen LogP contribution in [0, 0.1) is 0 Å². The zero-order valence-corrected chi connectivity index (χ0v) is 32.8. The van der Waals surface area contributed by atoms with Gasteiger partial charge in [-0.25, -0.2) is 9.97 Å². The van der Waals surface area contributed by atoms with Gasteiger partial charge in [0.05, 0.1) is 22.6 Å². The standard InChI is InChI=1S/C54H32N2S2/c1-4-14-33(15-5-1)45-31-37(32-46(55-45)34-16-6-2-7-17-34)39-22-13-24-41-40-23-12-21-38(53(40)58-54(39)41)36-26-27-42-47(30-36)56-52(35-18-8-3-9-19-35)44-28-29-49-51(50(42)44)43-20-10-11-25-48(43)57-49/h1-32H. The van der Waals surface area contributed by atoms with Gasteiger partial charge in [0.25, 0.3) is 0 Å². The Morgan fingerprint density at radius 2 is 0.879 bits per heavy atom. The van der Waals surface area contributed by atoms with Crippen molar-refractivity contribution in [2.45, 2.75) is 0 Å². The number of hydrogen-bond acceptors (Lipinski definition) is 4. The summed E-state index contributed by atoms with van der Waals surface area (Å²) in [5.74, 6) is 0. The molecule has 0 atom stereocenters. The van der Waals surface area contributed by atoms with Crippen molar-refractivity contribution in [2.75, 3.05) is 0 Å². The van der Waals surface area contributed by atoms with E-state index in [1.54, 1.807) is 0 Å². The molecule has 0 N–H and O–H groups in total. The average molecular weight is 773 g/mol. The summed E-state index contributed by atoms with van der Waals surface area (Å²) in [6, 6.07) is 69.9. The monoisotopic (exact) mass is 772 g/mol. The Hall–Kier alpha value is -6.98. The average Bonchev–Trinajstić information content (AvgIpc) is 3.88. The number of nitrogens with zero attached hydrogens (tertiary/aromatic N) is 2. The van der Waals surface area contributed by atoms with Gasteiger partial charge in [0.2, 0.25) is 0 Å². The quantitative estimate of drug-likeness (QED) is 0.163. The maximum Gasteiger partial charge on any atom is 0.0788 e. The van der Waals surface area contributed by atoms with Crippen LogP contribution < -0.4 is 0 Å². The molecule has 2 nitrogen and oxygen atoms in total. The highest BCUT2D eigenvalue weighted by atomic mass is 32.1. The number of pyridine rings is 2. The Labute approximate surface area is 343 Å². The van der Waals surface area contributed by atoms with E-state index in [0.29, 0.717) is 0 Å². The summed E-state index contributed by atoms with van der Waals surface area (Å²) in [7, 11) is 0. The molecule has 0 saturated heterocycles. The van der Waals surface area contributed by atoms with Gasteiger partial charge in [-0.15, -0.1) is 22.7 Å². The molecule has 0 aliphatic carbocycles. The van der Waals surface area contributed by atoms with Gasteiger partial charge in [-0.1, -0.05) is 164 Å². The van der Waals surface area contributed by atoms with E-state index in [0.717, 1.165) is 44.9 Å². The van der Waals surface area contributed by atoms with Crippen molar-refractivity contribution in [3.05, 3.63) is 194 Å². The fourth-order valence-electron chi connectivity index (χ4n) is 8.77. The molecule has 4 aromatic heterocycles. The first kappa shape index (κ1) is 33.2. The molecule has 0 saturated carbocycles. The van der Waals surface area contributed by atoms with Gasteiger partial charge in [0, 0.05) is 73.2 Å². The third-order valence-corrected chi connectivity index (χ3v) is 13.9. The molecular weight excluding hydrogens is 741 g/mol. The third-order valence-electron chi connectivity index (χ3n) is 11.5. The molecule has 0 spiro atoms. The van der Waals surface area contributed by atoms with Crippen LogP contribution in [0.2, 0.25) is 0 Å². The van der Waals surface area contributed by atoms with Crippen LogP contribution in [0.25, 0.3) is 118 Å². The smallest absolute Gasteiger partial charge is 0.0788 e. The fraction of sp³-hybridized carbons (Fsp3) is 0. The second kappa shape index (κ2) is 13.3. The number of rotatable bonds is 5. The van der Waals surface area contributed by atoms with Gasteiger partial charge in [-0.2, -0.15) is 0 Å². The number of thiophene rings is 2. The fourth-order valence-corrected chi connectivity index (χ4v) is 11.3. The summed E-state index contributed by atoms with van der Waals surface area (Å²) in [6.07, 6.45) is 0. The molecule has 4 heteroatoms. The summed E-state index contributed by atoms with van der Waals surface area (Å²) in [5.41, 5.74) is 12.1. The number of benzene rings is 8. The molecule has 0 aliphatic rings. The highest BCUT2D eigenvalue weighted by Crippen LogP contribution is 2.47. The first-order valence-electron chi connectivity index (χ1n) is 19.6. The summed E-state index contributed by atoms with van der Waals surface area (Å²) in [5, 5.41) is 8.79. The van der Waals surface area contributed by atoms with Crippen LogP contribution >= 0.6 is 22.7 Å². The minimum Gasteiger partial charge on any atom is -0.248 e. The lowest BCUT2D eigenvalue weighted by Crippen LogP contribution is -1.91. The predicted octanol–water partition coefficient (Wildman–Crippen LogP) is 15.9. The van der Waals surface area contributed by atoms with Gasteiger partial charge in [0.1, 0.15) is 0 Å². The topological polar surface area (TPSA) is 25.8 Å². The van der Waals surface area contributed by atoms with Crippen LogP contribution in [0.1, 0.15) is 0 Å². The Kier molecular flexibility index (Phi) is 7.62. The Morgan fingerprint density at radius 3 is 1.55 bits per heavy atom. The molecule has 8 aromatic carbocycles. The van der Waals surface area contributed by atoms with Crippen LogP contribution in [-0.2, 0) is 0 Å². The largest absolute Gasteiger partial charge is 0.248 e. The van der Waals surface area contributed by atoms with E-state index in [1.165, 1.54) is 73.2 Å². The minimum atomic E-state index is 0.967. The lowest BCUT2D eigenvalue weighted by Gasteiger charge is -2.13. The first-order chi connectivity index (χ1) is 28.7. The number of aromatic nitrogens is 2. The second-order valence-corrected chi connectivity index (χ2v) is 16.9. The highest BCUT2D eigenvalue weighted by molar-refractivity contribution is 7.27. The van der Waals surface area contributed by atoms with Crippen LogP contribution in [0.15, 0.2) is 194 Å². The summed E-state index contributed by atoms with van der Waals surface area (Å²) in [6.45, 7) is 0. The minimum absolute atomic E-state index is 0.967. The van der Waals surface area contributed by atoms with Crippen molar-refractivity contribution in [3.63, 3.8) is 0 Å². The molecule has 0 bridgehead atoms. The molecule has 12 rings (SSSR count). The second-order valence-electron chi connectivity index (χ2n) is 14.8. The van der Waals surface area contributed by atoms with E-state index >= 15 is 0 Å². The molecule has 0 aliphatic heterocycles. The predicted molar refractivity (Wildman–Crippen MR) is 250 cm³/mol. The maximum absolute atomic E-state index is 5.47. The molecule has 270 valence electrons. The lowest BCUT2D eigenvalue weighted by molar-refractivity contribution is 1.32. The first-order valence-corrected chi connectivity index (χ1v) is 21.2. The van der Waals surface area contributed by atoms with Crippen molar-refractivity contribution in [2.24, 2.45) is 0 Å². The summed E-state index contributed by atoms with van der Waals surface area (Å²) in [4.78, 5) is 10.6. The van der Waals surface area contributed by atoms with Crippen molar-refractivity contribution in [3.8, 4) is 56.0 Å². The normalized spacial score (nSPS) is 11.8. The molecule has 0 radical (unpaired) electrons. The Bertz CT molecular complexity index is 3490. The zero-order chi connectivity index (χ0) is 38.2. The molecule has 4 heterocycles. The van der Waals surface area contributed by atoms with Crippen molar-refractivity contribution in [1.82, 2.24) is 9.97 Å². The number of hydrogen-bond donors (Lipinski definition) is 0. The van der Waals surface area contributed by atoms with Crippen LogP contribution in [0.4, 0.5) is 0 Å². The summed E-state index contributed by atoms with van der Waals surface area (Å²) >= 11 is 3.75. The molecule has 58 heavy (non-hydrogen) atoms. The number of fused-ring (bicyclic) bond motifs is 10. The third kappa shape index (κ3) is 5.30. The Balaban J connectivity index is 1.08. The van der Waals surface area contributed by atoms with Crippen molar-refractivity contribution < 1.29 is 0 Å². The van der Waals surface area contributed by atoms with Crippen molar-refractivity contribution >= 4 is 84.7 Å². The van der Waals surface area contributed by atoms with Gasteiger partial charge in [-0.3, -0.25) is 0 Å². The van der Waals surface area contributed by atoms with Gasteiger partial charge < -0.3 is 0 Å². The van der Waals surface area contributed by atoms with E-state index in [-0.39, 0.29) is 0 Å². The SMILES string of the molecule is c1ccc(-c2cc(-c3cccc4c3sc3c(-c5ccc6c(c5)nc(-c5ccccc5)c5ccc7sc8ccccc8c7c56)cccc34)cc(-c3ccccc3)n2)cc1. The van der Waals surface area contributed by atoms with E-state index in [1.807, 2.05) is 22.7 Å². The zero-order valence-electron chi connectivity index (χ0n) is 31.2. The molecule has 0 unspecified atom stereocenters. The van der Waals surface area contributed by atoms with E-state index in [4.69, 9.17) is 9.97 Å². The van der Waals surface area contributed by atoms with Crippen LogP contribution in [0.3, 0.4) is 0 Å². The van der Waals surface area contributed by atoms with Crippen LogP contribution in [-0.4, -0.2) is 9.97 Å². The van der Waals surface area contributed by atoms with Crippen molar-refractivity contribution in [1.29, 1.82) is 0 Å². The maximum atomic E-state index is 5.47. The molecule has 0 fully saturated rings. The highest BCUT2D eigenvalue weighted by Gasteiger charge is 2.19. The van der Waals surface area contributed by atoms with E-state index in [2.05, 4.69) is 194 Å². The Morgan fingerprint density at radius 1 is 0.310 bits per heavy atom. The molecule has 12 aromatic rings. The van der Waals surface area contributed by atoms with E-state index in [9.17, 15) is 0 Å².